The highest BCUT2D eigenvalue weighted by Crippen LogP contribution is 2.30. The van der Waals surface area contributed by atoms with Gasteiger partial charge in [0, 0.05) is 20.3 Å². The second kappa shape index (κ2) is 5.63. The van der Waals surface area contributed by atoms with Crippen molar-refractivity contribution in [3.05, 3.63) is 30.0 Å². The monoisotopic (exact) mass is 297 g/mol. The molecule has 0 fully saturated rings. The quantitative estimate of drug-likeness (QED) is 0.802. The van der Waals surface area contributed by atoms with Crippen LogP contribution in [-0.2, 0) is 7.05 Å². The number of fused-ring (bicyclic) bond motifs is 1. The Labute approximate surface area is 129 Å². The first kappa shape index (κ1) is 14.3. The number of hydrogen-bond acceptors (Lipinski definition) is 5. The smallest absolute Gasteiger partial charge is 0.164 e. The zero-order chi connectivity index (χ0) is 15.7. The Kier molecular flexibility index (Phi) is 3.66. The SMILES string of the molecule is CCOc1ccc(NC)nc1-c1nc2cc(C)cnc2n1C. The van der Waals surface area contributed by atoms with E-state index in [1.54, 1.807) is 0 Å². The van der Waals surface area contributed by atoms with Gasteiger partial charge in [-0.3, -0.25) is 0 Å². The second-order valence-electron chi connectivity index (χ2n) is 5.08. The number of anilines is 1. The number of rotatable bonds is 4. The molecule has 0 aliphatic carbocycles. The molecular weight excluding hydrogens is 278 g/mol. The van der Waals surface area contributed by atoms with Crippen LogP contribution >= 0.6 is 0 Å². The summed E-state index contributed by atoms with van der Waals surface area (Å²) in [5.41, 5.74) is 3.49. The van der Waals surface area contributed by atoms with E-state index in [1.807, 2.05) is 56.9 Å². The Morgan fingerprint density at radius 3 is 2.82 bits per heavy atom. The van der Waals surface area contributed by atoms with E-state index in [4.69, 9.17) is 9.72 Å². The number of nitrogens with one attached hydrogen (secondary N) is 1. The van der Waals surface area contributed by atoms with E-state index in [-0.39, 0.29) is 0 Å². The minimum absolute atomic E-state index is 0.578. The molecule has 0 spiro atoms. The molecule has 0 radical (unpaired) electrons. The minimum atomic E-state index is 0.578. The predicted octanol–water partition coefficient (Wildman–Crippen LogP) is 2.78. The van der Waals surface area contributed by atoms with Crippen LogP contribution in [0.15, 0.2) is 24.4 Å². The van der Waals surface area contributed by atoms with Crippen molar-refractivity contribution in [1.82, 2.24) is 19.5 Å². The number of pyridine rings is 2. The molecule has 0 aromatic carbocycles. The van der Waals surface area contributed by atoms with Gasteiger partial charge in [0.25, 0.3) is 0 Å². The van der Waals surface area contributed by atoms with E-state index in [0.29, 0.717) is 12.3 Å². The lowest BCUT2D eigenvalue weighted by molar-refractivity contribution is 0.340. The first-order valence-corrected chi connectivity index (χ1v) is 7.25. The van der Waals surface area contributed by atoms with Gasteiger partial charge in [-0.1, -0.05) is 0 Å². The lowest BCUT2D eigenvalue weighted by atomic mass is 10.3. The molecule has 114 valence electrons. The lowest BCUT2D eigenvalue weighted by Crippen LogP contribution is -2.03. The summed E-state index contributed by atoms with van der Waals surface area (Å²) in [6.45, 7) is 4.54. The standard InChI is InChI=1S/C16H19N5O/c1-5-22-12-6-7-13(17-3)20-14(12)16-19-11-8-10(2)9-18-15(11)21(16)4/h6-9H,5H2,1-4H3,(H,17,20). The lowest BCUT2D eigenvalue weighted by Gasteiger charge is -2.10. The molecule has 0 aliphatic heterocycles. The van der Waals surface area contributed by atoms with Crippen LogP contribution in [0, 0.1) is 6.92 Å². The predicted molar refractivity (Wildman–Crippen MR) is 87.2 cm³/mol. The molecule has 6 heteroatoms. The van der Waals surface area contributed by atoms with Gasteiger partial charge in [-0.05, 0) is 37.6 Å². The maximum atomic E-state index is 5.70. The number of hydrogen-bond donors (Lipinski definition) is 1. The third kappa shape index (κ3) is 2.36. The minimum Gasteiger partial charge on any atom is -0.491 e. The van der Waals surface area contributed by atoms with E-state index in [9.17, 15) is 0 Å². The van der Waals surface area contributed by atoms with Crippen molar-refractivity contribution in [2.24, 2.45) is 7.05 Å². The zero-order valence-electron chi connectivity index (χ0n) is 13.2. The highest BCUT2D eigenvalue weighted by atomic mass is 16.5. The Hall–Kier alpha value is -2.63. The van der Waals surface area contributed by atoms with E-state index in [1.165, 1.54) is 0 Å². The third-order valence-corrected chi connectivity index (χ3v) is 3.47. The van der Waals surface area contributed by atoms with Crippen LogP contribution in [0.25, 0.3) is 22.7 Å². The van der Waals surface area contributed by atoms with Crippen LogP contribution in [0.4, 0.5) is 5.82 Å². The Morgan fingerprint density at radius 1 is 1.27 bits per heavy atom. The van der Waals surface area contributed by atoms with Crippen molar-refractivity contribution >= 4 is 17.0 Å². The summed E-state index contributed by atoms with van der Waals surface area (Å²) < 4.78 is 7.65. The van der Waals surface area contributed by atoms with Crippen LogP contribution in [0.2, 0.25) is 0 Å². The van der Waals surface area contributed by atoms with Gasteiger partial charge < -0.3 is 14.6 Å². The van der Waals surface area contributed by atoms with Gasteiger partial charge in [-0.2, -0.15) is 0 Å². The first-order chi connectivity index (χ1) is 10.6. The number of aryl methyl sites for hydroxylation is 2. The van der Waals surface area contributed by atoms with E-state index < -0.39 is 0 Å². The number of imidazole rings is 1. The number of nitrogens with zero attached hydrogens (tertiary/aromatic N) is 4. The van der Waals surface area contributed by atoms with E-state index in [2.05, 4.69) is 15.3 Å². The van der Waals surface area contributed by atoms with E-state index >= 15 is 0 Å². The third-order valence-electron chi connectivity index (χ3n) is 3.47. The molecule has 0 saturated carbocycles. The fraction of sp³-hybridized carbons (Fsp3) is 0.312. The molecule has 0 amide bonds. The molecule has 3 aromatic heterocycles. The molecule has 0 aliphatic rings. The fourth-order valence-corrected chi connectivity index (χ4v) is 2.41. The van der Waals surface area contributed by atoms with Crippen molar-refractivity contribution in [3.8, 4) is 17.3 Å². The van der Waals surface area contributed by atoms with Crippen LogP contribution in [0.5, 0.6) is 5.75 Å². The summed E-state index contributed by atoms with van der Waals surface area (Å²) in [6.07, 6.45) is 1.84. The summed E-state index contributed by atoms with van der Waals surface area (Å²) in [7, 11) is 3.78. The average molecular weight is 297 g/mol. The van der Waals surface area contributed by atoms with Gasteiger partial charge in [-0.25, -0.2) is 15.0 Å². The summed E-state index contributed by atoms with van der Waals surface area (Å²) in [5.74, 6) is 2.24. The summed E-state index contributed by atoms with van der Waals surface area (Å²) in [4.78, 5) is 13.8. The van der Waals surface area contributed by atoms with Crippen LogP contribution in [0.3, 0.4) is 0 Å². The topological polar surface area (TPSA) is 64.9 Å². The Balaban J connectivity index is 2.23. The van der Waals surface area contributed by atoms with Crippen molar-refractivity contribution in [3.63, 3.8) is 0 Å². The van der Waals surface area contributed by atoms with Gasteiger partial charge in [0.2, 0.25) is 0 Å². The maximum absolute atomic E-state index is 5.70. The number of aromatic nitrogens is 4. The maximum Gasteiger partial charge on any atom is 0.164 e. The van der Waals surface area contributed by atoms with Gasteiger partial charge in [0.15, 0.2) is 17.2 Å². The fourth-order valence-electron chi connectivity index (χ4n) is 2.41. The first-order valence-electron chi connectivity index (χ1n) is 7.25. The summed E-state index contributed by atoms with van der Waals surface area (Å²) in [5, 5.41) is 3.05. The van der Waals surface area contributed by atoms with Gasteiger partial charge >= 0.3 is 0 Å². The second-order valence-corrected chi connectivity index (χ2v) is 5.08. The van der Waals surface area contributed by atoms with E-state index in [0.717, 1.165) is 34.1 Å². The molecule has 3 aromatic rings. The molecule has 0 atom stereocenters. The summed E-state index contributed by atoms with van der Waals surface area (Å²) in [6, 6.07) is 5.82. The Bertz CT molecular complexity index is 825. The van der Waals surface area contributed by atoms with Crippen molar-refractivity contribution < 1.29 is 4.74 Å². The molecule has 0 unspecified atom stereocenters. The van der Waals surface area contributed by atoms with Crippen molar-refractivity contribution in [2.45, 2.75) is 13.8 Å². The molecule has 22 heavy (non-hydrogen) atoms. The molecular formula is C16H19N5O. The van der Waals surface area contributed by atoms with Crippen LogP contribution < -0.4 is 10.1 Å². The molecule has 3 heterocycles. The Morgan fingerprint density at radius 2 is 2.09 bits per heavy atom. The largest absolute Gasteiger partial charge is 0.491 e. The number of ether oxygens (including phenoxy) is 1. The summed E-state index contributed by atoms with van der Waals surface area (Å²) >= 11 is 0. The molecule has 1 N–H and O–H groups in total. The molecule has 3 rings (SSSR count). The highest BCUT2D eigenvalue weighted by molar-refractivity contribution is 5.78. The molecule has 0 saturated heterocycles. The average Bonchev–Trinajstić information content (AvgIpc) is 2.84. The van der Waals surface area contributed by atoms with Crippen LogP contribution in [0.1, 0.15) is 12.5 Å². The molecule has 6 nitrogen and oxygen atoms in total. The van der Waals surface area contributed by atoms with Gasteiger partial charge in [-0.15, -0.1) is 0 Å². The van der Waals surface area contributed by atoms with Crippen molar-refractivity contribution in [1.29, 1.82) is 0 Å². The van der Waals surface area contributed by atoms with Crippen molar-refractivity contribution in [2.75, 3.05) is 19.0 Å². The molecule has 0 bridgehead atoms. The van der Waals surface area contributed by atoms with Gasteiger partial charge in [0.05, 0.1) is 6.61 Å². The van der Waals surface area contributed by atoms with Crippen LogP contribution in [-0.4, -0.2) is 33.2 Å². The zero-order valence-corrected chi connectivity index (χ0v) is 13.2. The highest BCUT2D eigenvalue weighted by Gasteiger charge is 2.17. The normalized spacial score (nSPS) is 10.9. The van der Waals surface area contributed by atoms with Gasteiger partial charge in [0.1, 0.15) is 17.1 Å².